The average molecular weight is 417 g/mol. The van der Waals surface area contributed by atoms with E-state index in [0.29, 0.717) is 16.0 Å². The molecule has 0 fully saturated rings. The van der Waals surface area contributed by atoms with Crippen LogP contribution in [0.4, 0.5) is 5.13 Å². The van der Waals surface area contributed by atoms with E-state index >= 15 is 0 Å². The molecule has 4 aromatic rings. The van der Waals surface area contributed by atoms with Gasteiger partial charge in [-0.3, -0.25) is 14.2 Å². The van der Waals surface area contributed by atoms with E-state index in [-0.39, 0.29) is 18.0 Å². The van der Waals surface area contributed by atoms with Crippen LogP contribution in [0.15, 0.2) is 59.0 Å². The van der Waals surface area contributed by atoms with Crippen molar-refractivity contribution in [3.05, 3.63) is 75.7 Å². The van der Waals surface area contributed by atoms with Crippen molar-refractivity contribution in [1.82, 2.24) is 14.5 Å². The van der Waals surface area contributed by atoms with Crippen molar-refractivity contribution in [3.8, 4) is 11.3 Å². The summed E-state index contributed by atoms with van der Waals surface area (Å²) in [6.45, 7) is -0.107. The predicted molar refractivity (Wildman–Crippen MR) is 119 cm³/mol. The number of benzene rings is 2. The maximum Gasteiger partial charge on any atom is 0.261 e. The molecule has 0 saturated heterocycles. The molecular weight excluding hydrogens is 396 g/mol. The quantitative estimate of drug-likeness (QED) is 0.545. The van der Waals surface area contributed by atoms with Gasteiger partial charge in [-0.05, 0) is 55.0 Å². The van der Waals surface area contributed by atoms with E-state index in [1.807, 2.05) is 11.4 Å². The minimum absolute atomic E-state index is 0.107. The molecule has 1 N–H and O–H groups in total. The highest BCUT2D eigenvalue weighted by Gasteiger charge is 2.13. The fourth-order valence-electron chi connectivity index (χ4n) is 3.89. The Morgan fingerprint density at radius 2 is 1.93 bits per heavy atom. The van der Waals surface area contributed by atoms with Crippen molar-refractivity contribution < 1.29 is 4.79 Å². The number of carbonyl (C=O) groups excluding carboxylic acids is 1. The predicted octanol–water partition coefficient (Wildman–Crippen LogP) is 4.04. The second-order valence-corrected chi connectivity index (χ2v) is 8.33. The third-order valence-corrected chi connectivity index (χ3v) is 6.20. The van der Waals surface area contributed by atoms with Crippen LogP contribution in [0.3, 0.4) is 0 Å². The molecule has 1 aliphatic rings. The zero-order chi connectivity index (χ0) is 20.5. The first-order valence-corrected chi connectivity index (χ1v) is 10.9. The van der Waals surface area contributed by atoms with Crippen LogP contribution in [0.5, 0.6) is 0 Å². The van der Waals surface area contributed by atoms with Crippen LogP contribution in [0.25, 0.3) is 22.2 Å². The van der Waals surface area contributed by atoms with Gasteiger partial charge in [-0.2, -0.15) is 0 Å². The topological polar surface area (TPSA) is 76.9 Å². The minimum atomic E-state index is -0.305. The van der Waals surface area contributed by atoms with Crippen LogP contribution in [-0.2, 0) is 24.2 Å². The number of nitrogens with zero attached hydrogens (tertiary/aromatic N) is 3. The lowest BCUT2D eigenvalue weighted by molar-refractivity contribution is -0.116. The lowest BCUT2D eigenvalue weighted by Crippen LogP contribution is -2.27. The van der Waals surface area contributed by atoms with Gasteiger partial charge in [-0.25, -0.2) is 9.97 Å². The van der Waals surface area contributed by atoms with Crippen molar-refractivity contribution >= 4 is 33.3 Å². The molecule has 0 saturated carbocycles. The summed E-state index contributed by atoms with van der Waals surface area (Å²) >= 11 is 1.38. The zero-order valence-corrected chi connectivity index (χ0v) is 17.1. The largest absolute Gasteiger partial charge is 0.300 e. The van der Waals surface area contributed by atoms with Gasteiger partial charge in [0.2, 0.25) is 5.91 Å². The van der Waals surface area contributed by atoms with Gasteiger partial charge in [0.25, 0.3) is 5.56 Å². The number of rotatable bonds is 4. The third-order valence-electron chi connectivity index (χ3n) is 5.44. The highest BCUT2D eigenvalue weighted by Crippen LogP contribution is 2.29. The van der Waals surface area contributed by atoms with Gasteiger partial charge in [-0.15, -0.1) is 11.3 Å². The molecule has 1 amide bonds. The van der Waals surface area contributed by atoms with E-state index in [0.717, 1.165) is 24.1 Å². The number of aromatic nitrogens is 3. The van der Waals surface area contributed by atoms with Crippen LogP contribution in [-0.4, -0.2) is 20.4 Å². The van der Waals surface area contributed by atoms with E-state index in [1.165, 1.54) is 46.2 Å². The third kappa shape index (κ3) is 3.64. The number of fused-ring (bicyclic) bond motifs is 2. The summed E-state index contributed by atoms with van der Waals surface area (Å²) in [5, 5.41) is 5.77. The summed E-state index contributed by atoms with van der Waals surface area (Å²) in [7, 11) is 0. The van der Waals surface area contributed by atoms with Gasteiger partial charge in [0, 0.05) is 10.9 Å². The Kier molecular flexibility index (Phi) is 4.88. The fourth-order valence-corrected chi connectivity index (χ4v) is 4.62. The molecule has 30 heavy (non-hydrogen) atoms. The monoisotopic (exact) mass is 416 g/mol. The Bertz CT molecular complexity index is 1310. The first kappa shape index (κ1) is 18.7. The lowest BCUT2D eigenvalue weighted by atomic mass is 9.90. The molecule has 0 unspecified atom stereocenters. The van der Waals surface area contributed by atoms with E-state index in [4.69, 9.17) is 0 Å². The molecule has 2 aromatic heterocycles. The van der Waals surface area contributed by atoms with Gasteiger partial charge >= 0.3 is 0 Å². The highest BCUT2D eigenvalue weighted by atomic mass is 32.1. The molecule has 5 rings (SSSR count). The summed E-state index contributed by atoms with van der Waals surface area (Å²) in [6, 6.07) is 13.6. The number of hydrogen-bond donors (Lipinski definition) is 1. The molecule has 150 valence electrons. The lowest BCUT2D eigenvalue weighted by Gasteiger charge is -2.16. The number of thiazole rings is 1. The summed E-state index contributed by atoms with van der Waals surface area (Å²) in [4.78, 5) is 33.8. The van der Waals surface area contributed by atoms with Crippen molar-refractivity contribution in [2.24, 2.45) is 0 Å². The minimum Gasteiger partial charge on any atom is -0.300 e. The molecule has 6 nitrogen and oxygen atoms in total. The molecule has 0 atom stereocenters. The Morgan fingerprint density at radius 3 is 2.83 bits per heavy atom. The highest BCUT2D eigenvalue weighted by molar-refractivity contribution is 7.14. The summed E-state index contributed by atoms with van der Waals surface area (Å²) < 4.78 is 1.32. The number of nitrogens with one attached hydrogen (secondary N) is 1. The van der Waals surface area contributed by atoms with Gasteiger partial charge in [0.1, 0.15) is 6.54 Å². The second kappa shape index (κ2) is 7.84. The molecule has 0 aliphatic heterocycles. The fraction of sp³-hybridized carbons (Fsp3) is 0.217. The van der Waals surface area contributed by atoms with Crippen LogP contribution in [0.1, 0.15) is 24.0 Å². The van der Waals surface area contributed by atoms with Crippen LogP contribution in [0, 0.1) is 0 Å². The first-order chi connectivity index (χ1) is 14.7. The first-order valence-electron chi connectivity index (χ1n) is 9.99. The van der Waals surface area contributed by atoms with Crippen molar-refractivity contribution in [1.29, 1.82) is 0 Å². The molecule has 2 aromatic carbocycles. The number of amides is 1. The van der Waals surface area contributed by atoms with E-state index in [9.17, 15) is 9.59 Å². The smallest absolute Gasteiger partial charge is 0.261 e. The van der Waals surface area contributed by atoms with Crippen LogP contribution < -0.4 is 10.9 Å². The van der Waals surface area contributed by atoms with Gasteiger partial charge in [-0.1, -0.05) is 24.3 Å². The summed E-state index contributed by atoms with van der Waals surface area (Å²) in [6.07, 6.45) is 6.17. The SMILES string of the molecule is O=C(Cn1cnc2ccccc2c1=O)Nc1nc(-c2ccc3c(c2)CCCC3)cs1. The van der Waals surface area contributed by atoms with Crippen molar-refractivity contribution in [2.45, 2.75) is 32.2 Å². The zero-order valence-electron chi connectivity index (χ0n) is 16.3. The molecule has 0 spiro atoms. The van der Waals surface area contributed by atoms with E-state index in [1.54, 1.807) is 18.2 Å². The summed E-state index contributed by atoms with van der Waals surface area (Å²) in [5.41, 5.74) is 5.15. The van der Waals surface area contributed by atoms with Gasteiger partial charge in [0.05, 0.1) is 22.9 Å². The molecule has 7 heteroatoms. The van der Waals surface area contributed by atoms with Crippen molar-refractivity contribution in [3.63, 3.8) is 0 Å². The Morgan fingerprint density at radius 1 is 1.10 bits per heavy atom. The molecule has 2 heterocycles. The van der Waals surface area contributed by atoms with Crippen LogP contribution in [0.2, 0.25) is 0 Å². The van der Waals surface area contributed by atoms with E-state index < -0.39 is 0 Å². The normalized spacial score (nSPS) is 13.2. The molecule has 0 radical (unpaired) electrons. The number of hydrogen-bond acceptors (Lipinski definition) is 5. The Balaban J connectivity index is 1.31. The van der Waals surface area contributed by atoms with Gasteiger partial charge in [0.15, 0.2) is 5.13 Å². The Hall–Kier alpha value is -3.32. The summed E-state index contributed by atoms with van der Waals surface area (Å²) in [5.74, 6) is -0.305. The maximum atomic E-state index is 12.6. The number of para-hydroxylation sites is 1. The Labute approximate surface area is 177 Å². The standard InChI is InChI=1S/C23H20N4O2S/c28-21(12-27-14-24-19-8-4-3-7-18(19)22(27)29)26-23-25-20(13-30-23)17-10-9-15-5-1-2-6-16(15)11-17/h3-4,7-11,13-14H,1-2,5-6,12H2,(H,25,26,28). The van der Waals surface area contributed by atoms with E-state index in [2.05, 4.69) is 33.5 Å². The second-order valence-electron chi connectivity index (χ2n) is 7.47. The average Bonchev–Trinajstić information content (AvgIpc) is 3.24. The molecule has 0 bridgehead atoms. The molecular formula is C23H20N4O2S. The van der Waals surface area contributed by atoms with Gasteiger partial charge < -0.3 is 5.32 Å². The number of aryl methyl sites for hydroxylation is 2. The maximum absolute atomic E-state index is 12.6. The number of anilines is 1. The van der Waals surface area contributed by atoms with Crippen molar-refractivity contribution in [2.75, 3.05) is 5.32 Å². The molecule has 1 aliphatic carbocycles. The van der Waals surface area contributed by atoms with Crippen LogP contribution >= 0.6 is 11.3 Å². The number of carbonyl (C=O) groups is 1.